The van der Waals surface area contributed by atoms with Crippen LogP contribution >= 0.6 is 0 Å². The van der Waals surface area contributed by atoms with Crippen molar-refractivity contribution in [2.24, 2.45) is 11.3 Å². The highest BCUT2D eigenvalue weighted by molar-refractivity contribution is 5.89. The standard InChI is InChI=1S/C33H41N5O4/c1-20(39)35-23-5-4-14-34-24(23)19-36(2)31(40)38-16-12-32-11-10-25(38)30-33(32)13-15-37(18-21-6-7-21)27(32)17-22-8-9-26(41-3)29(42-30)28(22)33/h4-5,8-9,14,21,25,27,30H,6-7,10-13,15-19H2,1-3H3,(H,35,39)/t25-,27+,30+,32-,33+/m1/s1. The van der Waals surface area contributed by atoms with Gasteiger partial charge in [0, 0.05) is 55.7 Å². The van der Waals surface area contributed by atoms with E-state index in [1.807, 2.05) is 13.1 Å². The van der Waals surface area contributed by atoms with Gasteiger partial charge >= 0.3 is 6.03 Å². The number of rotatable bonds is 6. The molecule has 2 aromatic rings. The van der Waals surface area contributed by atoms with Gasteiger partial charge in [0.2, 0.25) is 5.91 Å². The first kappa shape index (κ1) is 26.3. The van der Waals surface area contributed by atoms with Crippen LogP contribution in [0.1, 0.15) is 62.3 Å². The van der Waals surface area contributed by atoms with Gasteiger partial charge in [-0.3, -0.25) is 14.7 Å². The minimum absolute atomic E-state index is 0.00246. The van der Waals surface area contributed by atoms with E-state index in [2.05, 4.69) is 32.2 Å². The summed E-state index contributed by atoms with van der Waals surface area (Å²) < 4.78 is 12.9. The van der Waals surface area contributed by atoms with E-state index in [9.17, 15) is 9.59 Å². The van der Waals surface area contributed by atoms with Crippen molar-refractivity contribution < 1.29 is 19.1 Å². The van der Waals surface area contributed by atoms with Crippen LogP contribution in [0.3, 0.4) is 0 Å². The molecule has 9 rings (SSSR count). The maximum absolute atomic E-state index is 14.3. The molecule has 2 spiro atoms. The van der Waals surface area contributed by atoms with Crippen LogP contribution in [0.15, 0.2) is 30.5 Å². The third-order valence-corrected chi connectivity index (χ3v) is 11.6. The number of urea groups is 1. The molecule has 2 saturated carbocycles. The molecule has 4 aliphatic heterocycles. The van der Waals surface area contributed by atoms with Gasteiger partial charge in [-0.25, -0.2) is 4.79 Å². The Balaban J connectivity index is 1.16. The molecule has 5 heterocycles. The number of piperidine rings is 1. The highest BCUT2D eigenvalue weighted by atomic mass is 16.5. The number of anilines is 1. The summed E-state index contributed by atoms with van der Waals surface area (Å²) in [5, 5.41) is 2.86. The van der Waals surface area contributed by atoms with Crippen molar-refractivity contribution in [3.05, 3.63) is 47.3 Å². The van der Waals surface area contributed by atoms with Crippen LogP contribution in [-0.4, -0.2) is 83.6 Å². The van der Waals surface area contributed by atoms with Crippen molar-refractivity contribution in [3.8, 4) is 11.5 Å². The van der Waals surface area contributed by atoms with Crippen LogP contribution in [0, 0.1) is 11.3 Å². The predicted octanol–water partition coefficient (Wildman–Crippen LogP) is 4.19. The van der Waals surface area contributed by atoms with Crippen LogP contribution in [0.2, 0.25) is 0 Å². The van der Waals surface area contributed by atoms with E-state index >= 15 is 0 Å². The topological polar surface area (TPSA) is 87.2 Å². The first-order valence-corrected chi connectivity index (χ1v) is 15.7. The number of nitrogens with one attached hydrogen (secondary N) is 1. The van der Waals surface area contributed by atoms with Crippen molar-refractivity contribution in [3.63, 3.8) is 0 Å². The monoisotopic (exact) mass is 571 g/mol. The second-order valence-corrected chi connectivity index (χ2v) is 13.6. The lowest BCUT2D eigenvalue weighted by molar-refractivity contribution is -0.129. The predicted molar refractivity (Wildman–Crippen MR) is 158 cm³/mol. The zero-order chi connectivity index (χ0) is 28.8. The van der Waals surface area contributed by atoms with Crippen LogP contribution in [0.5, 0.6) is 11.5 Å². The SMILES string of the molecule is COc1ccc2c3c1O[C@H]1[C@H]4CC[C@@]5(CCN4C(=O)N(C)Cc4ncccc4NC(C)=O)[C@H](C2)N(CC2CC2)CC[C@]315. The number of fused-ring (bicyclic) bond motifs is 3. The Labute approximate surface area is 247 Å². The number of aromatic nitrogens is 1. The molecule has 3 saturated heterocycles. The van der Waals surface area contributed by atoms with Gasteiger partial charge in [-0.05, 0) is 81.2 Å². The first-order valence-electron chi connectivity index (χ1n) is 15.7. The van der Waals surface area contributed by atoms with E-state index in [-0.39, 0.29) is 34.9 Å². The van der Waals surface area contributed by atoms with E-state index in [1.54, 1.807) is 24.3 Å². The molecule has 1 aromatic heterocycles. The molecule has 1 N–H and O–H groups in total. The number of hydrogen-bond donors (Lipinski definition) is 1. The maximum atomic E-state index is 14.3. The van der Waals surface area contributed by atoms with Crippen LogP contribution in [0.25, 0.3) is 0 Å². The molecule has 0 unspecified atom stereocenters. The minimum atomic E-state index is -0.154. The number of amides is 3. The van der Waals surface area contributed by atoms with Gasteiger partial charge in [0.05, 0.1) is 31.1 Å². The summed E-state index contributed by atoms with van der Waals surface area (Å²) in [7, 11) is 3.58. The number of nitrogens with zero attached hydrogens (tertiary/aromatic N) is 4. The largest absolute Gasteiger partial charge is 0.493 e. The van der Waals surface area contributed by atoms with E-state index in [0.29, 0.717) is 24.0 Å². The van der Waals surface area contributed by atoms with Crippen molar-refractivity contribution in [2.45, 2.75) is 82.0 Å². The zero-order valence-corrected chi connectivity index (χ0v) is 24.9. The van der Waals surface area contributed by atoms with Crippen molar-refractivity contribution in [1.29, 1.82) is 0 Å². The molecule has 9 heteroatoms. The Bertz CT molecular complexity index is 1460. The normalized spacial score (nSPS) is 32.1. The second kappa shape index (κ2) is 9.33. The quantitative estimate of drug-likeness (QED) is 0.560. The van der Waals surface area contributed by atoms with E-state index in [4.69, 9.17) is 9.47 Å². The third-order valence-electron chi connectivity index (χ3n) is 11.6. The number of methoxy groups -OCH3 is 1. The Morgan fingerprint density at radius 2 is 2.02 bits per heavy atom. The lowest BCUT2D eigenvalue weighted by atomic mass is 9.42. The molecule has 0 radical (unpaired) electrons. The van der Waals surface area contributed by atoms with Gasteiger partial charge in [-0.2, -0.15) is 0 Å². The summed E-state index contributed by atoms with van der Waals surface area (Å²) >= 11 is 0. The van der Waals surface area contributed by atoms with E-state index in [0.717, 1.165) is 62.6 Å². The average Bonchev–Trinajstić information content (AvgIpc) is 3.77. The molecular formula is C33H41N5O4. The molecule has 7 aliphatic rings. The Hall–Kier alpha value is -3.33. The number of pyridine rings is 1. The highest BCUT2D eigenvalue weighted by Gasteiger charge is 2.74. The summed E-state index contributed by atoms with van der Waals surface area (Å²) in [5.41, 5.74) is 4.13. The molecule has 5 fully saturated rings. The molecule has 9 nitrogen and oxygen atoms in total. The summed E-state index contributed by atoms with van der Waals surface area (Å²) in [6.07, 6.45) is 9.56. The van der Waals surface area contributed by atoms with Crippen molar-refractivity contribution in [2.75, 3.05) is 39.1 Å². The van der Waals surface area contributed by atoms with Crippen molar-refractivity contribution in [1.82, 2.24) is 19.7 Å². The van der Waals surface area contributed by atoms with E-state index in [1.165, 1.54) is 37.4 Å². The Morgan fingerprint density at radius 3 is 2.81 bits per heavy atom. The number of ether oxygens (including phenoxy) is 2. The highest BCUT2D eigenvalue weighted by Crippen LogP contribution is 2.71. The number of carbonyl (C=O) groups excluding carboxylic acids is 2. The minimum Gasteiger partial charge on any atom is -0.493 e. The molecule has 1 aromatic carbocycles. The summed E-state index contributed by atoms with van der Waals surface area (Å²) in [6, 6.07) is 8.49. The summed E-state index contributed by atoms with van der Waals surface area (Å²) in [5.74, 6) is 2.45. The molecule has 5 atom stereocenters. The fraction of sp³-hybridized carbons (Fsp3) is 0.606. The Kier molecular flexibility index (Phi) is 5.85. The van der Waals surface area contributed by atoms with Gasteiger partial charge in [0.1, 0.15) is 6.10 Å². The van der Waals surface area contributed by atoms with Crippen LogP contribution in [0.4, 0.5) is 10.5 Å². The molecule has 3 amide bonds. The average molecular weight is 572 g/mol. The molecular weight excluding hydrogens is 530 g/mol. The fourth-order valence-corrected chi connectivity index (χ4v) is 9.76. The maximum Gasteiger partial charge on any atom is 0.320 e. The summed E-state index contributed by atoms with van der Waals surface area (Å²) in [4.78, 5) is 37.3. The number of carbonyl (C=O) groups is 2. The van der Waals surface area contributed by atoms with Crippen LogP contribution < -0.4 is 14.8 Å². The summed E-state index contributed by atoms with van der Waals surface area (Å²) in [6.45, 7) is 4.85. The lowest BCUT2D eigenvalue weighted by Crippen LogP contribution is -2.73. The Morgan fingerprint density at radius 1 is 1.17 bits per heavy atom. The van der Waals surface area contributed by atoms with Gasteiger partial charge in [0.25, 0.3) is 0 Å². The fourth-order valence-electron chi connectivity index (χ4n) is 9.76. The molecule has 4 bridgehead atoms. The lowest BCUT2D eigenvalue weighted by Gasteiger charge is -2.66. The van der Waals surface area contributed by atoms with Gasteiger partial charge in [-0.15, -0.1) is 0 Å². The van der Waals surface area contributed by atoms with Gasteiger partial charge in [0.15, 0.2) is 11.5 Å². The van der Waals surface area contributed by atoms with Gasteiger partial charge < -0.3 is 24.6 Å². The molecule has 42 heavy (non-hydrogen) atoms. The first-order chi connectivity index (χ1) is 20.4. The smallest absolute Gasteiger partial charge is 0.320 e. The van der Waals surface area contributed by atoms with E-state index < -0.39 is 0 Å². The van der Waals surface area contributed by atoms with Crippen LogP contribution in [-0.2, 0) is 23.2 Å². The molecule has 3 aliphatic carbocycles. The van der Waals surface area contributed by atoms with Crippen molar-refractivity contribution >= 4 is 17.6 Å². The van der Waals surface area contributed by atoms with Gasteiger partial charge in [-0.1, -0.05) is 6.07 Å². The third kappa shape index (κ3) is 3.55. The second-order valence-electron chi connectivity index (χ2n) is 13.6. The zero-order valence-electron chi connectivity index (χ0n) is 24.9. The number of likely N-dealkylation sites (tertiary alicyclic amines) is 1. The molecule has 222 valence electrons. The number of hydrogen-bond acceptors (Lipinski definition) is 6. The number of benzene rings is 1.